The molecule has 0 radical (unpaired) electrons. The van der Waals surface area contributed by atoms with Gasteiger partial charge in [-0.1, -0.05) is 36.4 Å². The van der Waals surface area contributed by atoms with Crippen molar-refractivity contribution >= 4 is 28.3 Å². The first-order chi connectivity index (χ1) is 12.6. The molecule has 1 fully saturated rings. The molecule has 3 aromatic carbocycles. The van der Waals surface area contributed by atoms with Crippen LogP contribution in [0.1, 0.15) is 39.1 Å². The highest BCUT2D eigenvalue weighted by Crippen LogP contribution is 2.50. The van der Waals surface area contributed by atoms with Gasteiger partial charge in [0.15, 0.2) is 0 Å². The minimum atomic E-state index is -0.339. The van der Waals surface area contributed by atoms with Gasteiger partial charge in [0.1, 0.15) is 0 Å². The van der Waals surface area contributed by atoms with E-state index in [-0.39, 0.29) is 17.4 Å². The van der Waals surface area contributed by atoms with Crippen molar-refractivity contribution in [2.45, 2.75) is 18.4 Å². The third kappa shape index (κ3) is 2.02. The number of amides is 2. The Hall–Kier alpha value is -3.14. The molecule has 1 aliphatic heterocycles. The van der Waals surface area contributed by atoms with Crippen LogP contribution in [0.3, 0.4) is 0 Å². The average Bonchev–Trinajstić information content (AvgIpc) is 3.41. The fraction of sp³-hybridized carbons (Fsp3) is 0.182. The summed E-state index contributed by atoms with van der Waals surface area (Å²) in [7, 11) is 1.81. The summed E-state index contributed by atoms with van der Waals surface area (Å²) >= 11 is 0. The molecule has 0 atom stereocenters. The number of hydrogen-bond acceptors (Lipinski definition) is 2. The lowest BCUT2D eigenvalue weighted by Crippen LogP contribution is -2.35. The van der Waals surface area contributed by atoms with Gasteiger partial charge in [0.2, 0.25) is 0 Å². The van der Waals surface area contributed by atoms with Gasteiger partial charge in [-0.15, -0.1) is 0 Å². The molecule has 0 aromatic heterocycles. The largest absolute Gasteiger partial charge is 0.342 e. The van der Waals surface area contributed by atoms with Gasteiger partial charge >= 0.3 is 0 Å². The number of rotatable bonds is 3. The van der Waals surface area contributed by atoms with Gasteiger partial charge in [0.05, 0.1) is 11.2 Å². The van der Waals surface area contributed by atoms with Crippen LogP contribution in [0, 0.1) is 0 Å². The molecule has 4 heteroatoms. The predicted molar refractivity (Wildman–Crippen MR) is 102 cm³/mol. The molecule has 2 aliphatic rings. The second-order valence-electron chi connectivity index (χ2n) is 7.13. The van der Waals surface area contributed by atoms with Crippen LogP contribution in [-0.2, 0) is 5.54 Å². The molecule has 26 heavy (non-hydrogen) atoms. The molecule has 0 spiro atoms. The fourth-order valence-corrected chi connectivity index (χ4v) is 4.02. The molecule has 1 heterocycles. The molecule has 4 nitrogen and oxygen atoms in total. The van der Waals surface area contributed by atoms with Gasteiger partial charge < -0.3 is 10.2 Å². The number of anilines is 1. The van der Waals surface area contributed by atoms with Crippen LogP contribution in [0.2, 0.25) is 0 Å². The van der Waals surface area contributed by atoms with E-state index in [4.69, 9.17) is 0 Å². The molecular formula is C22H18N2O2. The number of carbonyl (C=O) groups excluding carboxylic acids is 2. The van der Waals surface area contributed by atoms with Gasteiger partial charge in [-0.05, 0) is 48.1 Å². The SMILES string of the molecule is CN1C(=O)c2cccc3c(C4(NC(=O)c5ccccc5)CC4)ccc1c23. The molecule has 1 aliphatic carbocycles. The summed E-state index contributed by atoms with van der Waals surface area (Å²) in [5.74, 6) is -0.0273. The predicted octanol–water partition coefficient (Wildman–Crippen LogP) is 3.85. The van der Waals surface area contributed by atoms with E-state index in [0.29, 0.717) is 5.56 Å². The van der Waals surface area contributed by atoms with Gasteiger partial charge in [-0.3, -0.25) is 9.59 Å². The monoisotopic (exact) mass is 342 g/mol. The molecule has 5 rings (SSSR count). The minimum absolute atomic E-state index is 0.0286. The highest BCUT2D eigenvalue weighted by molar-refractivity contribution is 6.25. The Balaban J connectivity index is 1.60. The lowest BCUT2D eigenvalue weighted by Gasteiger charge is -2.21. The van der Waals surface area contributed by atoms with Crippen molar-refractivity contribution in [3.05, 3.63) is 77.4 Å². The topological polar surface area (TPSA) is 49.4 Å². The number of nitrogens with zero attached hydrogens (tertiary/aromatic N) is 1. The third-order valence-electron chi connectivity index (χ3n) is 5.57. The van der Waals surface area contributed by atoms with Crippen LogP contribution < -0.4 is 10.2 Å². The summed E-state index contributed by atoms with van der Waals surface area (Å²) < 4.78 is 0. The molecule has 128 valence electrons. The first kappa shape index (κ1) is 15.1. The van der Waals surface area contributed by atoms with Crippen molar-refractivity contribution in [3.8, 4) is 0 Å². The maximum atomic E-state index is 12.7. The van der Waals surface area contributed by atoms with Crippen LogP contribution in [-0.4, -0.2) is 18.9 Å². The Morgan fingerprint density at radius 3 is 2.50 bits per heavy atom. The van der Waals surface area contributed by atoms with Crippen molar-refractivity contribution in [2.75, 3.05) is 11.9 Å². The molecule has 0 bridgehead atoms. The van der Waals surface area contributed by atoms with Gasteiger partial charge in [-0.25, -0.2) is 0 Å². The van der Waals surface area contributed by atoms with E-state index in [1.165, 1.54) is 0 Å². The summed E-state index contributed by atoms with van der Waals surface area (Å²) in [6, 6.07) is 19.2. The van der Waals surface area contributed by atoms with E-state index >= 15 is 0 Å². The average molecular weight is 342 g/mol. The quantitative estimate of drug-likeness (QED) is 0.786. The maximum absolute atomic E-state index is 12.7. The lowest BCUT2D eigenvalue weighted by atomic mass is 9.94. The Labute approximate surface area is 151 Å². The van der Waals surface area contributed by atoms with Gasteiger partial charge in [0.25, 0.3) is 11.8 Å². The van der Waals surface area contributed by atoms with Crippen LogP contribution in [0.4, 0.5) is 5.69 Å². The van der Waals surface area contributed by atoms with E-state index in [2.05, 4.69) is 17.4 Å². The number of nitrogens with one attached hydrogen (secondary N) is 1. The fourth-order valence-electron chi connectivity index (χ4n) is 4.02. The Morgan fingerprint density at radius 1 is 1.00 bits per heavy atom. The Morgan fingerprint density at radius 2 is 1.77 bits per heavy atom. The molecule has 1 saturated carbocycles. The number of carbonyl (C=O) groups is 2. The van der Waals surface area contributed by atoms with Gasteiger partial charge in [-0.2, -0.15) is 0 Å². The first-order valence-corrected chi connectivity index (χ1v) is 8.83. The molecule has 3 aromatic rings. The Bertz CT molecular complexity index is 1070. The zero-order chi connectivity index (χ0) is 17.9. The maximum Gasteiger partial charge on any atom is 0.258 e. The van der Waals surface area contributed by atoms with Crippen molar-refractivity contribution < 1.29 is 9.59 Å². The summed E-state index contributed by atoms with van der Waals surface area (Å²) in [6.45, 7) is 0. The van der Waals surface area contributed by atoms with Crippen molar-refractivity contribution in [2.24, 2.45) is 0 Å². The highest BCUT2D eigenvalue weighted by Gasteiger charge is 2.47. The summed E-state index contributed by atoms with van der Waals surface area (Å²) in [6.07, 6.45) is 1.82. The second kappa shape index (κ2) is 5.18. The van der Waals surface area contributed by atoms with Crippen LogP contribution in [0.15, 0.2) is 60.7 Å². The summed E-state index contributed by atoms with van der Waals surface area (Å²) in [5.41, 5.74) is 3.11. The highest BCUT2D eigenvalue weighted by atomic mass is 16.2. The first-order valence-electron chi connectivity index (χ1n) is 8.83. The molecule has 0 saturated heterocycles. The zero-order valence-electron chi connectivity index (χ0n) is 14.5. The van der Waals surface area contributed by atoms with E-state index < -0.39 is 0 Å². The summed E-state index contributed by atoms with van der Waals surface area (Å²) in [5, 5.41) is 5.29. The standard InChI is InChI=1S/C22H18N2O2/c1-24-18-11-10-17(15-8-5-9-16(19(15)18)21(24)26)22(12-13-22)23-20(25)14-6-3-2-4-7-14/h2-11H,12-13H2,1H3,(H,23,25). The number of hydrogen-bond donors (Lipinski definition) is 1. The smallest absolute Gasteiger partial charge is 0.258 e. The lowest BCUT2D eigenvalue weighted by molar-refractivity contribution is 0.0930. The Kier molecular flexibility index (Phi) is 3.02. The van der Waals surface area contributed by atoms with Gasteiger partial charge in [0, 0.05) is 23.6 Å². The number of benzene rings is 3. The third-order valence-corrected chi connectivity index (χ3v) is 5.57. The van der Waals surface area contributed by atoms with E-state index in [0.717, 1.165) is 40.4 Å². The zero-order valence-corrected chi connectivity index (χ0v) is 14.5. The second-order valence-corrected chi connectivity index (χ2v) is 7.13. The van der Waals surface area contributed by atoms with E-state index in [1.54, 1.807) is 11.9 Å². The van der Waals surface area contributed by atoms with Crippen LogP contribution in [0.25, 0.3) is 10.8 Å². The minimum Gasteiger partial charge on any atom is -0.342 e. The summed E-state index contributed by atoms with van der Waals surface area (Å²) in [4.78, 5) is 26.9. The van der Waals surface area contributed by atoms with E-state index in [1.807, 2.05) is 48.5 Å². The molecule has 0 unspecified atom stereocenters. The van der Waals surface area contributed by atoms with E-state index in [9.17, 15) is 9.59 Å². The van der Waals surface area contributed by atoms with Crippen molar-refractivity contribution in [1.29, 1.82) is 0 Å². The molecule has 1 N–H and O–H groups in total. The molecule has 2 amide bonds. The van der Waals surface area contributed by atoms with Crippen molar-refractivity contribution in [3.63, 3.8) is 0 Å². The van der Waals surface area contributed by atoms with Crippen LogP contribution in [0.5, 0.6) is 0 Å². The normalized spacial score (nSPS) is 16.8. The molecular weight excluding hydrogens is 324 g/mol. The van der Waals surface area contributed by atoms with Crippen LogP contribution >= 0.6 is 0 Å². The van der Waals surface area contributed by atoms with Crippen molar-refractivity contribution in [1.82, 2.24) is 5.32 Å².